The van der Waals surface area contributed by atoms with Crippen molar-refractivity contribution in [2.75, 3.05) is 4.90 Å². The van der Waals surface area contributed by atoms with E-state index in [2.05, 4.69) is 146 Å². The highest BCUT2D eigenvalue weighted by Crippen LogP contribution is 2.68. The quantitative estimate of drug-likeness (QED) is 0.175. The van der Waals surface area contributed by atoms with E-state index < -0.39 is 0 Å². The average Bonchev–Trinajstić information content (AvgIpc) is 3.69. The van der Waals surface area contributed by atoms with E-state index >= 15 is 0 Å². The predicted octanol–water partition coefficient (Wildman–Crippen LogP) is 14.8. The second-order valence-corrected chi connectivity index (χ2v) is 19.9. The maximum Gasteiger partial charge on any atom is 0.0468 e. The number of hydrogen-bond acceptors (Lipinski definition) is 1. The lowest BCUT2D eigenvalue weighted by molar-refractivity contribution is 0.0618. The van der Waals surface area contributed by atoms with Crippen LogP contribution >= 0.6 is 0 Å². The Hall–Kier alpha value is -4.88. The lowest BCUT2D eigenvalue weighted by Gasteiger charge is -2.53. The van der Waals surface area contributed by atoms with Crippen molar-refractivity contribution < 1.29 is 0 Å². The van der Waals surface area contributed by atoms with Crippen molar-refractivity contribution >= 4 is 17.1 Å². The molecule has 5 atom stereocenters. The minimum Gasteiger partial charge on any atom is -0.310 e. The minimum absolute atomic E-state index is 0.0689. The maximum absolute atomic E-state index is 2.64. The van der Waals surface area contributed by atoms with Gasteiger partial charge in [-0.1, -0.05) is 131 Å². The van der Waals surface area contributed by atoms with E-state index in [0.717, 1.165) is 23.7 Å². The Morgan fingerprint density at radius 2 is 0.965 bits per heavy atom. The molecule has 0 aliphatic heterocycles. The van der Waals surface area contributed by atoms with Crippen LogP contribution in [0.2, 0.25) is 0 Å². The Morgan fingerprint density at radius 3 is 1.74 bits per heavy atom. The molecule has 6 aromatic carbocycles. The van der Waals surface area contributed by atoms with Crippen LogP contribution in [0.1, 0.15) is 118 Å². The molecule has 0 heterocycles. The maximum atomic E-state index is 2.64. The summed E-state index contributed by atoms with van der Waals surface area (Å²) in [7, 11) is 0. The largest absolute Gasteiger partial charge is 0.310 e. The second kappa shape index (κ2) is 11.6. The van der Waals surface area contributed by atoms with E-state index in [0.29, 0.717) is 0 Å². The molecule has 14 rings (SSSR count). The van der Waals surface area contributed by atoms with Gasteiger partial charge < -0.3 is 4.90 Å². The Bertz CT molecular complexity index is 2640. The first-order valence-electron chi connectivity index (χ1n) is 22.5. The molecule has 1 nitrogen and oxygen atoms in total. The van der Waals surface area contributed by atoms with Gasteiger partial charge in [-0.15, -0.1) is 0 Å². The van der Waals surface area contributed by atoms with Crippen LogP contribution in [0.25, 0.3) is 33.4 Å². The molecule has 0 radical (unpaired) electrons. The molecule has 1 heteroatoms. The van der Waals surface area contributed by atoms with E-state index in [9.17, 15) is 0 Å². The standard InChI is InChI=1S/C56H53N/c1-54(2)48-15-7-4-12-42(48)45-23-20-40(33-52(45)54)57(41-21-24-46-43-13-5-8-16-49(43)55(53(46)34-41)26-10-3-11-27-55)39-22-25-51-47(32-39)44-14-6-9-17-50(44)56(51)37-19-18-35-28-36(30-37)31-38(56)29-35/h4-9,12-17,20-25,32-38H,3,10-11,18-19,26-31H2,1-2H3. The second-order valence-electron chi connectivity index (χ2n) is 19.9. The smallest absolute Gasteiger partial charge is 0.0468 e. The van der Waals surface area contributed by atoms with Crippen molar-refractivity contribution in [1.29, 1.82) is 0 Å². The summed E-state index contributed by atoms with van der Waals surface area (Å²) >= 11 is 0. The topological polar surface area (TPSA) is 3.24 Å². The highest BCUT2D eigenvalue weighted by atomic mass is 15.1. The number of rotatable bonds is 3. The van der Waals surface area contributed by atoms with Gasteiger partial charge in [0.05, 0.1) is 0 Å². The first-order valence-corrected chi connectivity index (χ1v) is 22.5. The van der Waals surface area contributed by atoms with Gasteiger partial charge in [0.25, 0.3) is 0 Å². The average molecular weight is 740 g/mol. The molecular weight excluding hydrogens is 687 g/mol. The summed E-state index contributed by atoms with van der Waals surface area (Å²) < 4.78 is 0. The fourth-order valence-corrected chi connectivity index (χ4v) is 15.0. The third kappa shape index (κ3) is 4.26. The van der Waals surface area contributed by atoms with E-state index in [1.165, 1.54) is 132 Å². The van der Waals surface area contributed by atoms with Crippen LogP contribution < -0.4 is 4.90 Å². The molecule has 4 bridgehead atoms. The van der Waals surface area contributed by atoms with Crippen LogP contribution in [0.3, 0.4) is 0 Å². The van der Waals surface area contributed by atoms with Gasteiger partial charge in [-0.3, -0.25) is 0 Å². The highest BCUT2D eigenvalue weighted by Gasteiger charge is 2.59. The van der Waals surface area contributed by atoms with Gasteiger partial charge in [-0.05, 0) is 172 Å². The van der Waals surface area contributed by atoms with Crippen molar-refractivity contribution in [3.63, 3.8) is 0 Å². The first kappa shape index (κ1) is 33.1. The monoisotopic (exact) mass is 739 g/mol. The van der Waals surface area contributed by atoms with Crippen LogP contribution in [0.4, 0.5) is 17.1 Å². The molecule has 8 aliphatic rings. The van der Waals surface area contributed by atoms with Crippen molar-refractivity contribution in [3.05, 3.63) is 161 Å². The lowest BCUT2D eigenvalue weighted by atomic mass is 9.51. The van der Waals surface area contributed by atoms with E-state index in [4.69, 9.17) is 0 Å². The minimum atomic E-state index is -0.0689. The van der Waals surface area contributed by atoms with Gasteiger partial charge in [-0.2, -0.15) is 0 Å². The number of nitrogens with zero attached hydrogens (tertiary/aromatic N) is 1. The Morgan fingerprint density at radius 1 is 0.421 bits per heavy atom. The van der Waals surface area contributed by atoms with E-state index in [1.54, 1.807) is 22.3 Å². The van der Waals surface area contributed by atoms with Crippen LogP contribution in [0.15, 0.2) is 127 Å². The number of benzene rings is 6. The normalized spacial score (nSPS) is 27.1. The zero-order valence-electron chi connectivity index (χ0n) is 33.7. The molecule has 0 amide bonds. The van der Waals surface area contributed by atoms with Crippen LogP contribution in [-0.4, -0.2) is 0 Å². The van der Waals surface area contributed by atoms with E-state index in [1.807, 2.05) is 0 Å². The summed E-state index contributed by atoms with van der Waals surface area (Å²) in [5.41, 5.74) is 21.9. The van der Waals surface area contributed by atoms with Gasteiger partial charge in [0, 0.05) is 33.3 Å². The highest BCUT2D eigenvalue weighted by molar-refractivity contribution is 5.91. The molecule has 0 N–H and O–H groups in total. The van der Waals surface area contributed by atoms with Crippen molar-refractivity contribution in [1.82, 2.24) is 0 Å². The first-order chi connectivity index (χ1) is 27.9. The summed E-state index contributed by atoms with van der Waals surface area (Å²) in [6, 6.07) is 50.8. The van der Waals surface area contributed by atoms with Gasteiger partial charge in [-0.25, -0.2) is 0 Å². The molecule has 282 valence electrons. The van der Waals surface area contributed by atoms with Gasteiger partial charge in [0.1, 0.15) is 0 Å². The van der Waals surface area contributed by atoms with Gasteiger partial charge >= 0.3 is 0 Å². The summed E-state index contributed by atoms with van der Waals surface area (Å²) in [6.45, 7) is 4.84. The Balaban J connectivity index is 1.02. The molecule has 5 saturated carbocycles. The lowest BCUT2D eigenvalue weighted by Crippen LogP contribution is -2.48. The molecule has 2 spiro atoms. The summed E-state index contributed by atoms with van der Waals surface area (Å²) in [5.74, 6) is 3.38. The number of fused-ring (bicyclic) bond motifs is 12. The predicted molar refractivity (Wildman–Crippen MR) is 236 cm³/mol. The van der Waals surface area contributed by atoms with Gasteiger partial charge in [0.2, 0.25) is 0 Å². The van der Waals surface area contributed by atoms with Crippen LogP contribution in [-0.2, 0) is 16.2 Å². The molecule has 57 heavy (non-hydrogen) atoms. The fraction of sp³-hybridized carbons (Fsp3) is 0.357. The molecule has 0 aromatic heterocycles. The number of anilines is 3. The zero-order chi connectivity index (χ0) is 37.7. The molecule has 5 unspecified atom stereocenters. The molecule has 5 fully saturated rings. The van der Waals surface area contributed by atoms with Crippen LogP contribution in [0, 0.1) is 23.7 Å². The zero-order valence-corrected chi connectivity index (χ0v) is 33.7. The molecule has 8 aliphatic carbocycles. The van der Waals surface area contributed by atoms with Crippen molar-refractivity contribution in [2.24, 2.45) is 23.7 Å². The molecular formula is C56H53N. The summed E-state index contributed by atoms with van der Waals surface area (Å²) in [4.78, 5) is 2.64. The SMILES string of the molecule is CC1(C)c2ccccc2-c2ccc(N(c3ccc4c(c3)-c3ccccc3C43C4CCC5CC(C4)CC3C5)c3ccc4c(c3)C3(CCCCC3)c3ccccc3-4)cc21. The molecule has 0 saturated heterocycles. The molecule has 6 aromatic rings. The number of hydrogen-bond donors (Lipinski definition) is 0. The third-order valence-electron chi connectivity index (χ3n) is 17.1. The fourth-order valence-electron chi connectivity index (χ4n) is 15.0. The third-order valence-corrected chi connectivity index (χ3v) is 17.1. The summed E-state index contributed by atoms with van der Waals surface area (Å²) in [5, 5.41) is 0. The van der Waals surface area contributed by atoms with Crippen molar-refractivity contribution in [2.45, 2.75) is 101 Å². The summed E-state index contributed by atoms with van der Waals surface area (Å²) in [6.07, 6.45) is 15.0. The van der Waals surface area contributed by atoms with Gasteiger partial charge in [0.15, 0.2) is 0 Å². The Kier molecular flexibility index (Phi) is 6.75. The van der Waals surface area contributed by atoms with Crippen LogP contribution in [0.5, 0.6) is 0 Å². The van der Waals surface area contributed by atoms with E-state index in [-0.39, 0.29) is 16.2 Å². The van der Waals surface area contributed by atoms with Crippen molar-refractivity contribution in [3.8, 4) is 33.4 Å². The Labute approximate surface area is 339 Å².